The molecule has 0 saturated carbocycles. The van der Waals surface area contributed by atoms with Crippen molar-refractivity contribution >= 4 is 38.0 Å². The summed E-state index contributed by atoms with van der Waals surface area (Å²) < 4.78 is 27.6. The molecule has 120 valence electrons. The third-order valence-corrected chi connectivity index (χ3v) is 8.39. The quantitative estimate of drug-likeness (QED) is 0.561. The summed E-state index contributed by atoms with van der Waals surface area (Å²) in [6.07, 6.45) is 0. The zero-order valence-electron chi connectivity index (χ0n) is 12.9. The van der Waals surface area contributed by atoms with Gasteiger partial charge in [0.15, 0.2) is 0 Å². The summed E-state index contributed by atoms with van der Waals surface area (Å²) in [5.74, 6) is 0. The number of hydrogen-bond donors (Lipinski definition) is 0. The maximum atomic E-state index is 12.8. The van der Waals surface area contributed by atoms with Crippen molar-refractivity contribution in [3.63, 3.8) is 0 Å². The van der Waals surface area contributed by atoms with Gasteiger partial charge in [-0.1, -0.05) is 0 Å². The van der Waals surface area contributed by atoms with Gasteiger partial charge in [0.2, 0.25) is 0 Å². The second-order valence-electron chi connectivity index (χ2n) is 5.12. The molecular formula is C20H16O2STe. The van der Waals surface area contributed by atoms with E-state index in [9.17, 15) is 8.42 Å². The van der Waals surface area contributed by atoms with E-state index in [1.54, 1.807) is 24.3 Å². The zero-order valence-corrected chi connectivity index (χ0v) is 16.0. The van der Waals surface area contributed by atoms with Crippen molar-refractivity contribution in [2.75, 3.05) is 0 Å². The monoisotopic (exact) mass is 450 g/mol. The molecule has 2 nitrogen and oxygen atoms in total. The molecule has 0 amide bonds. The molecule has 4 heteroatoms. The van der Waals surface area contributed by atoms with Gasteiger partial charge >= 0.3 is 153 Å². The van der Waals surface area contributed by atoms with E-state index in [1.807, 2.05) is 54.6 Å². The Morgan fingerprint density at radius 1 is 0.708 bits per heavy atom. The van der Waals surface area contributed by atoms with Crippen molar-refractivity contribution in [2.24, 2.45) is 0 Å². The molecule has 0 fully saturated rings. The van der Waals surface area contributed by atoms with Crippen molar-refractivity contribution in [1.82, 2.24) is 0 Å². The molecular weight excluding hydrogens is 432 g/mol. The van der Waals surface area contributed by atoms with Gasteiger partial charge in [-0.05, 0) is 0 Å². The van der Waals surface area contributed by atoms with Gasteiger partial charge in [0.25, 0.3) is 0 Å². The zero-order chi connectivity index (χ0) is 16.8. The van der Waals surface area contributed by atoms with E-state index in [-0.39, 0.29) is 0 Å². The molecule has 24 heavy (non-hydrogen) atoms. The first kappa shape index (κ1) is 17.0. The Labute approximate surface area is 152 Å². The molecule has 0 spiro atoms. The van der Waals surface area contributed by atoms with E-state index in [0.29, 0.717) is 4.90 Å². The van der Waals surface area contributed by atoms with Gasteiger partial charge in [0.1, 0.15) is 0 Å². The summed E-state index contributed by atoms with van der Waals surface area (Å²) in [5.41, 5.74) is 0.975. The molecule has 3 rings (SSSR count). The fraction of sp³-hybridized carbons (Fsp3) is 0. The van der Waals surface area contributed by atoms with Crippen molar-refractivity contribution in [2.45, 2.75) is 4.90 Å². The third-order valence-electron chi connectivity index (χ3n) is 3.36. The topological polar surface area (TPSA) is 34.1 Å². The number of rotatable bonds is 5. The van der Waals surface area contributed by atoms with Crippen LogP contribution in [-0.2, 0) is 9.84 Å². The Bertz CT molecular complexity index is 919. The molecule has 0 atom stereocenters. The summed E-state index contributed by atoms with van der Waals surface area (Å²) in [6.45, 7) is 0. The van der Waals surface area contributed by atoms with Gasteiger partial charge in [-0.3, -0.25) is 0 Å². The predicted octanol–water partition coefficient (Wildman–Crippen LogP) is 3.49. The molecule has 0 aliphatic heterocycles. The van der Waals surface area contributed by atoms with Crippen LogP contribution in [0.4, 0.5) is 0 Å². The molecule has 0 aliphatic carbocycles. The Morgan fingerprint density at radius 2 is 1.21 bits per heavy atom. The van der Waals surface area contributed by atoms with E-state index < -0.39 is 30.8 Å². The van der Waals surface area contributed by atoms with Crippen LogP contribution in [0.25, 0.3) is 3.62 Å². The molecule has 0 unspecified atom stereocenters. The van der Waals surface area contributed by atoms with E-state index in [4.69, 9.17) is 0 Å². The maximum absolute atomic E-state index is 12.8. The Kier molecular flexibility index (Phi) is 5.52. The van der Waals surface area contributed by atoms with E-state index in [2.05, 4.69) is 12.1 Å². The molecule has 0 aliphatic rings. The molecule has 0 aromatic heterocycles. The summed E-state index contributed by atoms with van der Waals surface area (Å²) in [4.78, 5) is 0.332. The SMILES string of the molecule is O=S(=O)(/C=C(\[Te]c1ccccc1)c1ccccc1)c1ccccc1. The summed E-state index contributed by atoms with van der Waals surface area (Å²) >= 11 is -0.805. The Hall–Kier alpha value is -1.86. The average Bonchev–Trinajstić information content (AvgIpc) is 2.63. The first-order valence-corrected chi connectivity index (χ1v) is 11.3. The molecule has 0 N–H and O–H groups in total. The van der Waals surface area contributed by atoms with Gasteiger partial charge in [0, 0.05) is 0 Å². The molecule has 0 bridgehead atoms. The van der Waals surface area contributed by atoms with Crippen LogP contribution in [0.15, 0.2) is 101 Å². The minimum atomic E-state index is -3.46. The summed E-state index contributed by atoms with van der Waals surface area (Å²) in [5, 5.41) is 1.45. The van der Waals surface area contributed by atoms with Crippen LogP contribution in [0.3, 0.4) is 0 Å². The van der Waals surface area contributed by atoms with Crippen LogP contribution < -0.4 is 3.61 Å². The second-order valence-corrected chi connectivity index (χ2v) is 10.1. The van der Waals surface area contributed by atoms with Crippen LogP contribution in [-0.4, -0.2) is 29.3 Å². The molecule has 0 saturated heterocycles. The van der Waals surface area contributed by atoms with Crippen molar-refractivity contribution in [1.29, 1.82) is 0 Å². The van der Waals surface area contributed by atoms with Crippen LogP contribution in [0.1, 0.15) is 5.56 Å². The van der Waals surface area contributed by atoms with Gasteiger partial charge in [-0.15, -0.1) is 0 Å². The van der Waals surface area contributed by atoms with Crippen LogP contribution in [0.2, 0.25) is 0 Å². The standard InChI is InChI=1S/C20H16O2STe/c21-23(22,18-12-6-2-7-13-18)16-20(17-10-4-1-5-11-17)24-19-14-8-3-9-15-19/h1-16H/b20-16-. The third kappa shape index (κ3) is 4.36. The number of hydrogen-bond acceptors (Lipinski definition) is 2. The number of sulfone groups is 1. The van der Waals surface area contributed by atoms with Crippen molar-refractivity contribution in [3.05, 3.63) is 102 Å². The first-order valence-electron chi connectivity index (χ1n) is 7.45. The predicted molar refractivity (Wildman–Crippen MR) is 99.9 cm³/mol. The van der Waals surface area contributed by atoms with Crippen LogP contribution >= 0.6 is 0 Å². The van der Waals surface area contributed by atoms with Crippen molar-refractivity contribution in [3.8, 4) is 0 Å². The fourth-order valence-electron chi connectivity index (χ4n) is 2.19. The van der Waals surface area contributed by atoms with Crippen molar-refractivity contribution < 1.29 is 8.42 Å². The summed E-state index contributed by atoms with van der Waals surface area (Å²) in [6, 6.07) is 28.4. The number of benzene rings is 3. The van der Waals surface area contributed by atoms with E-state index in [0.717, 1.165) is 9.18 Å². The first-order chi connectivity index (χ1) is 11.6. The molecule has 0 heterocycles. The van der Waals surface area contributed by atoms with E-state index >= 15 is 0 Å². The van der Waals surface area contributed by atoms with Gasteiger partial charge < -0.3 is 0 Å². The van der Waals surface area contributed by atoms with Gasteiger partial charge in [-0.2, -0.15) is 0 Å². The van der Waals surface area contributed by atoms with Crippen LogP contribution in [0.5, 0.6) is 0 Å². The average molecular weight is 448 g/mol. The fourth-order valence-corrected chi connectivity index (χ4v) is 7.11. The molecule has 3 aromatic rings. The van der Waals surface area contributed by atoms with Crippen LogP contribution in [0, 0.1) is 0 Å². The Morgan fingerprint density at radius 3 is 1.79 bits per heavy atom. The minimum absolute atomic E-state index is 0.332. The molecule has 3 aromatic carbocycles. The second kappa shape index (κ2) is 7.81. The van der Waals surface area contributed by atoms with E-state index in [1.165, 1.54) is 9.02 Å². The van der Waals surface area contributed by atoms with Gasteiger partial charge in [0.05, 0.1) is 0 Å². The summed E-state index contributed by atoms with van der Waals surface area (Å²) in [7, 11) is -3.46. The normalized spacial score (nSPS) is 12.1. The Balaban J connectivity index is 2.04. The van der Waals surface area contributed by atoms with Gasteiger partial charge in [-0.25, -0.2) is 0 Å². The molecule has 0 radical (unpaired) electrons.